The first-order valence-electron chi connectivity index (χ1n) is 6.71. The number of nitrogens with two attached hydrogens (primary N) is 1. The minimum atomic E-state index is -0.0388. The van der Waals surface area contributed by atoms with Crippen molar-refractivity contribution in [2.45, 2.75) is 20.3 Å². The van der Waals surface area contributed by atoms with Gasteiger partial charge in [0, 0.05) is 11.3 Å². The summed E-state index contributed by atoms with van der Waals surface area (Å²) in [6, 6.07) is 13.4. The number of anilines is 1. The number of amides is 1. The van der Waals surface area contributed by atoms with E-state index in [1.54, 1.807) is 0 Å². The van der Waals surface area contributed by atoms with Crippen molar-refractivity contribution in [3.63, 3.8) is 0 Å². The second kappa shape index (κ2) is 6.50. The lowest BCUT2D eigenvalue weighted by Crippen LogP contribution is -2.15. The van der Waals surface area contributed by atoms with Crippen LogP contribution in [0.25, 0.3) is 0 Å². The average Bonchev–Trinajstić information content (AvgIpc) is 2.37. The Morgan fingerprint density at radius 1 is 1.10 bits per heavy atom. The van der Waals surface area contributed by atoms with Gasteiger partial charge in [0.25, 0.3) is 0 Å². The number of hydrogen-bond donors (Lipinski definition) is 2. The van der Waals surface area contributed by atoms with Crippen molar-refractivity contribution in [3.05, 3.63) is 64.7 Å². The summed E-state index contributed by atoms with van der Waals surface area (Å²) in [6.45, 7) is 4.02. The van der Waals surface area contributed by atoms with Crippen LogP contribution in [0.5, 0.6) is 0 Å². The van der Waals surface area contributed by atoms with Crippen molar-refractivity contribution in [2.75, 3.05) is 5.32 Å². The zero-order chi connectivity index (χ0) is 15.4. The molecule has 0 aromatic heterocycles. The lowest BCUT2D eigenvalue weighted by atomic mass is 10.1. The zero-order valence-electron chi connectivity index (χ0n) is 12.1. The molecule has 21 heavy (non-hydrogen) atoms. The summed E-state index contributed by atoms with van der Waals surface area (Å²) in [5.41, 5.74) is 10.4. The summed E-state index contributed by atoms with van der Waals surface area (Å²) in [6.07, 6.45) is 0.324. The van der Waals surface area contributed by atoms with Crippen molar-refractivity contribution >= 4 is 28.8 Å². The molecule has 3 nitrogen and oxygen atoms in total. The van der Waals surface area contributed by atoms with Crippen LogP contribution in [-0.2, 0) is 11.2 Å². The van der Waals surface area contributed by atoms with E-state index in [9.17, 15) is 4.79 Å². The highest BCUT2D eigenvalue weighted by molar-refractivity contribution is 7.80. The largest absolute Gasteiger partial charge is 0.389 e. The van der Waals surface area contributed by atoms with Crippen LogP contribution in [0.15, 0.2) is 42.5 Å². The lowest BCUT2D eigenvalue weighted by molar-refractivity contribution is -0.115. The number of nitrogens with one attached hydrogen (secondary N) is 1. The van der Waals surface area contributed by atoms with E-state index < -0.39 is 0 Å². The molecule has 0 atom stereocenters. The Bertz CT molecular complexity index is 657. The Balaban J connectivity index is 2.02. The molecule has 2 aromatic rings. The number of rotatable bonds is 4. The summed E-state index contributed by atoms with van der Waals surface area (Å²) >= 11 is 4.90. The van der Waals surface area contributed by atoms with Gasteiger partial charge in [-0.15, -0.1) is 0 Å². The molecule has 0 aliphatic carbocycles. The van der Waals surface area contributed by atoms with Crippen LogP contribution in [0.2, 0.25) is 0 Å². The molecule has 4 heteroatoms. The molecular weight excluding hydrogens is 280 g/mol. The molecule has 0 unspecified atom stereocenters. The fraction of sp³-hybridized carbons (Fsp3) is 0.176. The third kappa shape index (κ3) is 4.39. The lowest BCUT2D eigenvalue weighted by Gasteiger charge is -2.08. The van der Waals surface area contributed by atoms with E-state index in [2.05, 4.69) is 11.4 Å². The summed E-state index contributed by atoms with van der Waals surface area (Å²) in [5, 5.41) is 2.92. The van der Waals surface area contributed by atoms with Gasteiger partial charge >= 0.3 is 0 Å². The predicted molar refractivity (Wildman–Crippen MR) is 90.6 cm³/mol. The van der Waals surface area contributed by atoms with E-state index in [1.807, 2.05) is 50.2 Å². The van der Waals surface area contributed by atoms with Crippen LogP contribution in [0.4, 0.5) is 5.69 Å². The highest BCUT2D eigenvalue weighted by Gasteiger charge is 2.05. The van der Waals surface area contributed by atoms with Crippen LogP contribution >= 0.6 is 12.2 Å². The van der Waals surface area contributed by atoms with Gasteiger partial charge in [0.05, 0.1) is 6.42 Å². The van der Waals surface area contributed by atoms with Gasteiger partial charge in [-0.25, -0.2) is 0 Å². The number of hydrogen-bond acceptors (Lipinski definition) is 2. The third-order valence-electron chi connectivity index (χ3n) is 3.11. The molecule has 0 saturated heterocycles. The summed E-state index contributed by atoms with van der Waals surface area (Å²) in [5.74, 6) is -0.0388. The number of aryl methyl sites for hydroxylation is 2. The van der Waals surface area contributed by atoms with Gasteiger partial charge in [0.15, 0.2) is 0 Å². The summed E-state index contributed by atoms with van der Waals surface area (Å²) in [4.78, 5) is 12.4. The van der Waals surface area contributed by atoms with Crippen molar-refractivity contribution < 1.29 is 4.79 Å². The highest BCUT2D eigenvalue weighted by atomic mass is 32.1. The van der Waals surface area contributed by atoms with E-state index in [-0.39, 0.29) is 5.91 Å². The second-order valence-corrected chi connectivity index (χ2v) is 5.60. The van der Waals surface area contributed by atoms with E-state index in [0.717, 1.165) is 27.9 Å². The molecule has 0 bridgehead atoms. The average molecular weight is 298 g/mol. The maximum absolute atomic E-state index is 12.1. The van der Waals surface area contributed by atoms with E-state index >= 15 is 0 Å². The van der Waals surface area contributed by atoms with E-state index in [0.29, 0.717) is 11.4 Å². The fourth-order valence-electron chi connectivity index (χ4n) is 2.22. The third-order valence-corrected chi connectivity index (χ3v) is 3.34. The predicted octanol–water partition coefficient (Wildman–Crippen LogP) is 3.12. The molecular formula is C17H18N2OS. The zero-order valence-corrected chi connectivity index (χ0v) is 13.0. The molecule has 0 radical (unpaired) electrons. The normalized spacial score (nSPS) is 10.2. The highest BCUT2D eigenvalue weighted by Crippen LogP contribution is 2.14. The van der Waals surface area contributed by atoms with Crippen LogP contribution in [0, 0.1) is 13.8 Å². The Hall–Kier alpha value is -2.20. The van der Waals surface area contributed by atoms with Gasteiger partial charge in [-0.1, -0.05) is 42.5 Å². The molecule has 108 valence electrons. The van der Waals surface area contributed by atoms with Crippen molar-refractivity contribution in [2.24, 2.45) is 5.73 Å². The molecule has 2 rings (SSSR count). The first-order valence-corrected chi connectivity index (χ1v) is 7.12. The number of thiocarbonyl (C=S) groups is 1. The van der Waals surface area contributed by atoms with Crippen LogP contribution in [0.1, 0.15) is 22.3 Å². The molecule has 0 fully saturated rings. The monoisotopic (exact) mass is 298 g/mol. The fourth-order valence-corrected chi connectivity index (χ4v) is 2.36. The van der Waals surface area contributed by atoms with Gasteiger partial charge in [-0.3, -0.25) is 4.79 Å². The topological polar surface area (TPSA) is 55.1 Å². The Kier molecular flexibility index (Phi) is 4.70. The molecule has 0 spiro atoms. The quantitative estimate of drug-likeness (QED) is 0.853. The standard InChI is InChI=1S/C17H18N2OS/c1-11-7-12(2)9-15(8-11)19-16(20)10-13-3-5-14(6-4-13)17(18)21/h3-9H,10H2,1-2H3,(H2,18,21)(H,19,20). The minimum absolute atomic E-state index is 0.0388. The SMILES string of the molecule is Cc1cc(C)cc(NC(=O)Cc2ccc(C(N)=S)cc2)c1. The van der Waals surface area contributed by atoms with Gasteiger partial charge in [-0.2, -0.15) is 0 Å². The van der Waals surface area contributed by atoms with Crippen LogP contribution in [0.3, 0.4) is 0 Å². The molecule has 3 N–H and O–H groups in total. The molecule has 1 amide bonds. The number of carbonyl (C=O) groups is 1. The van der Waals surface area contributed by atoms with E-state index in [1.165, 1.54) is 0 Å². The smallest absolute Gasteiger partial charge is 0.228 e. The van der Waals surface area contributed by atoms with Gasteiger partial charge in [0.2, 0.25) is 5.91 Å². The van der Waals surface area contributed by atoms with Gasteiger partial charge in [-0.05, 0) is 42.7 Å². The molecule has 0 heterocycles. The Morgan fingerprint density at radius 3 is 2.19 bits per heavy atom. The van der Waals surface area contributed by atoms with Crippen molar-refractivity contribution in [3.8, 4) is 0 Å². The molecule has 0 aliphatic rings. The Morgan fingerprint density at radius 2 is 1.67 bits per heavy atom. The van der Waals surface area contributed by atoms with Crippen LogP contribution < -0.4 is 11.1 Å². The number of benzene rings is 2. The first-order chi connectivity index (χ1) is 9.94. The molecule has 2 aromatic carbocycles. The van der Waals surface area contributed by atoms with E-state index in [4.69, 9.17) is 18.0 Å². The van der Waals surface area contributed by atoms with Crippen molar-refractivity contribution in [1.82, 2.24) is 0 Å². The summed E-state index contributed by atoms with van der Waals surface area (Å²) in [7, 11) is 0. The maximum Gasteiger partial charge on any atom is 0.228 e. The minimum Gasteiger partial charge on any atom is -0.389 e. The van der Waals surface area contributed by atoms with Crippen molar-refractivity contribution in [1.29, 1.82) is 0 Å². The maximum atomic E-state index is 12.1. The summed E-state index contributed by atoms with van der Waals surface area (Å²) < 4.78 is 0. The van der Waals surface area contributed by atoms with Gasteiger partial charge < -0.3 is 11.1 Å². The molecule has 0 saturated carbocycles. The number of carbonyl (C=O) groups excluding carboxylic acids is 1. The van der Waals surface area contributed by atoms with Crippen LogP contribution in [-0.4, -0.2) is 10.9 Å². The second-order valence-electron chi connectivity index (χ2n) is 5.16. The Labute approximate surface area is 130 Å². The molecule has 0 aliphatic heterocycles. The first kappa shape index (κ1) is 15.2. The van der Waals surface area contributed by atoms with Gasteiger partial charge in [0.1, 0.15) is 4.99 Å².